The quantitative estimate of drug-likeness (QED) is 0.664. The van der Waals surface area contributed by atoms with Gasteiger partial charge in [-0.2, -0.15) is 0 Å². The maximum Gasteiger partial charge on any atom is 0.312 e. The summed E-state index contributed by atoms with van der Waals surface area (Å²) in [4.78, 5) is 33.3. The van der Waals surface area contributed by atoms with Crippen molar-refractivity contribution in [1.82, 2.24) is 5.32 Å². The van der Waals surface area contributed by atoms with Crippen LogP contribution >= 0.6 is 0 Å². The van der Waals surface area contributed by atoms with Crippen molar-refractivity contribution in [3.05, 3.63) is 0 Å². The lowest BCUT2D eigenvalue weighted by molar-refractivity contribution is -0.157. The van der Waals surface area contributed by atoms with E-state index >= 15 is 0 Å². The average Bonchev–Trinajstić information content (AvgIpc) is 2.22. The van der Waals surface area contributed by atoms with Crippen LogP contribution in [0.1, 0.15) is 40.5 Å². The number of hydrogen-bond acceptors (Lipinski definition) is 4. The van der Waals surface area contributed by atoms with Crippen LogP contribution in [0.2, 0.25) is 0 Å². The van der Waals surface area contributed by atoms with Crippen molar-refractivity contribution in [2.45, 2.75) is 46.6 Å². The standard InChI is InChI=1S/C12H21NO5/c1-8(2)13-9(14)5-6-10(15)18-7-12(3,4)11(16)17/h8H,5-7H2,1-4H3,(H,13,14)(H,16,17). The van der Waals surface area contributed by atoms with Gasteiger partial charge in [-0.3, -0.25) is 14.4 Å². The Morgan fingerprint density at radius 2 is 1.78 bits per heavy atom. The van der Waals surface area contributed by atoms with Gasteiger partial charge in [0.2, 0.25) is 5.91 Å². The van der Waals surface area contributed by atoms with Crippen LogP contribution in [-0.4, -0.2) is 35.6 Å². The molecule has 6 nitrogen and oxygen atoms in total. The minimum absolute atomic E-state index is 0.0273. The second-order valence-corrected chi connectivity index (χ2v) is 5.07. The number of amides is 1. The van der Waals surface area contributed by atoms with Crippen molar-refractivity contribution >= 4 is 17.8 Å². The number of esters is 1. The van der Waals surface area contributed by atoms with Crippen molar-refractivity contribution in [3.63, 3.8) is 0 Å². The summed E-state index contributed by atoms with van der Waals surface area (Å²) >= 11 is 0. The Morgan fingerprint density at radius 1 is 1.22 bits per heavy atom. The van der Waals surface area contributed by atoms with Crippen LogP contribution in [0.4, 0.5) is 0 Å². The number of nitrogens with one attached hydrogen (secondary N) is 1. The highest BCUT2D eigenvalue weighted by Gasteiger charge is 2.29. The summed E-state index contributed by atoms with van der Waals surface area (Å²) in [5.74, 6) is -1.82. The van der Waals surface area contributed by atoms with E-state index in [1.54, 1.807) is 0 Å². The highest BCUT2D eigenvalue weighted by Crippen LogP contribution is 2.15. The van der Waals surface area contributed by atoms with Crippen LogP contribution in [0.5, 0.6) is 0 Å². The van der Waals surface area contributed by atoms with E-state index in [0.29, 0.717) is 0 Å². The van der Waals surface area contributed by atoms with Crippen molar-refractivity contribution in [1.29, 1.82) is 0 Å². The molecule has 0 aliphatic carbocycles. The molecule has 2 N–H and O–H groups in total. The van der Waals surface area contributed by atoms with Crippen LogP contribution in [0.25, 0.3) is 0 Å². The number of carboxylic acid groups (broad SMARTS) is 1. The summed E-state index contributed by atoms with van der Waals surface area (Å²) in [5, 5.41) is 11.5. The molecule has 0 atom stereocenters. The maximum atomic E-state index is 11.3. The average molecular weight is 259 g/mol. The van der Waals surface area contributed by atoms with Gasteiger partial charge >= 0.3 is 11.9 Å². The van der Waals surface area contributed by atoms with E-state index in [1.807, 2.05) is 13.8 Å². The van der Waals surface area contributed by atoms with Gasteiger partial charge in [0.15, 0.2) is 0 Å². The predicted molar refractivity (Wildman–Crippen MR) is 64.9 cm³/mol. The molecule has 0 bridgehead atoms. The Morgan fingerprint density at radius 3 is 2.22 bits per heavy atom. The van der Waals surface area contributed by atoms with E-state index in [4.69, 9.17) is 9.84 Å². The molecule has 0 aromatic carbocycles. The first kappa shape index (κ1) is 16.4. The van der Waals surface area contributed by atoms with Crippen molar-refractivity contribution < 1.29 is 24.2 Å². The molecule has 0 radical (unpaired) electrons. The zero-order chi connectivity index (χ0) is 14.3. The van der Waals surface area contributed by atoms with Gasteiger partial charge in [-0.1, -0.05) is 0 Å². The van der Waals surface area contributed by atoms with Crippen molar-refractivity contribution in [3.8, 4) is 0 Å². The molecule has 0 spiro atoms. The molecule has 0 fully saturated rings. The lowest BCUT2D eigenvalue weighted by atomic mass is 9.95. The minimum atomic E-state index is -1.12. The van der Waals surface area contributed by atoms with Crippen LogP contribution in [0.3, 0.4) is 0 Å². The van der Waals surface area contributed by atoms with E-state index in [1.165, 1.54) is 13.8 Å². The Kier molecular flexibility index (Phi) is 6.36. The number of rotatable bonds is 7. The van der Waals surface area contributed by atoms with Gasteiger partial charge in [0, 0.05) is 12.5 Å². The molecule has 0 aromatic rings. The van der Waals surface area contributed by atoms with Gasteiger partial charge in [-0.05, 0) is 27.7 Å². The molecule has 0 rings (SSSR count). The number of carbonyl (C=O) groups is 3. The highest BCUT2D eigenvalue weighted by molar-refractivity contribution is 5.81. The second-order valence-electron chi connectivity index (χ2n) is 5.07. The zero-order valence-corrected chi connectivity index (χ0v) is 11.3. The van der Waals surface area contributed by atoms with Gasteiger partial charge in [-0.15, -0.1) is 0 Å². The first-order valence-corrected chi connectivity index (χ1v) is 5.83. The van der Waals surface area contributed by atoms with E-state index < -0.39 is 17.4 Å². The van der Waals surface area contributed by atoms with E-state index in [2.05, 4.69) is 5.32 Å². The third-order valence-corrected chi connectivity index (χ3v) is 2.18. The molecular formula is C12H21NO5. The number of ether oxygens (including phenoxy) is 1. The summed E-state index contributed by atoms with van der Waals surface area (Å²) in [6.07, 6.45) is -0.00122. The molecule has 104 valence electrons. The van der Waals surface area contributed by atoms with Crippen molar-refractivity contribution in [2.75, 3.05) is 6.61 Å². The summed E-state index contributed by atoms with van der Waals surface area (Å²) in [6.45, 7) is 6.38. The summed E-state index contributed by atoms with van der Waals surface area (Å²) < 4.78 is 4.82. The fraction of sp³-hybridized carbons (Fsp3) is 0.750. The van der Waals surface area contributed by atoms with Crippen LogP contribution < -0.4 is 5.32 Å². The molecule has 1 amide bonds. The van der Waals surface area contributed by atoms with E-state index in [0.717, 1.165) is 0 Å². The predicted octanol–water partition coefficient (Wildman–Crippen LogP) is 0.945. The fourth-order valence-corrected chi connectivity index (χ4v) is 1.00. The molecule has 6 heteroatoms. The Labute approximate surface area is 107 Å². The molecule has 0 aliphatic rings. The zero-order valence-electron chi connectivity index (χ0n) is 11.3. The molecular weight excluding hydrogens is 238 g/mol. The maximum absolute atomic E-state index is 11.3. The SMILES string of the molecule is CC(C)NC(=O)CCC(=O)OCC(C)(C)C(=O)O. The van der Waals surface area contributed by atoms with Crippen LogP contribution in [-0.2, 0) is 19.1 Å². The monoisotopic (exact) mass is 259 g/mol. The number of carbonyl (C=O) groups excluding carboxylic acids is 2. The summed E-state index contributed by atoms with van der Waals surface area (Å²) in [6, 6.07) is 0.0273. The molecule has 0 heterocycles. The molecule has 0 aliphatic heterocycles. The number of aliphatic carboxylic acids is 1. The number of hydrogen-bond donors (Lipinski definition) is 2. The lowest BCUT2D eigenvalue weighted by Crippen LogP contribution is -2.32. The third kappa shape index (κ3) is 6.88. The van der Waals surface area contributed by atoms with Gasteiger partial charge in [0.25, 0.3) is 0 Å². The normalized spacial score (nSPS) is 11.2. The molecule has 0 unspecified atom stereocenters. The first-order chi connectivity index (χ1) is 8.15. The Hall–Kier alpha value is -1.59. The lowest BCUT2D eigenvalue weighted by Gasteiger charge is -2.18. The van der Waals surface area contributed by atoms with Gasteiger partial charge in [0.05, 0.1) is 11.8 Å². The largest absolute Gasteiger partial charge is 0.481 e. The molecule has 0 saturated heterocycles. The van der Waals surface area contributed by atoms with Crippen LogP contribution in [0, 0.1) is 5.41 Å². The molecule has 0 aromatic heterocycles. The van der Waals surface area contributed by atoms with Crippen molar-refractivity contribution in [2.24, 2.45) is 5.41 Å². The summed E-state index contributed by atoms with van der Waals surface area (Å²) in [5.41, 5.74) is -1.12. The Bertz CT molecular complexity index is 322. The number of carboxylic acids is 1. The van der Waals surface area contributed by atoms with Gasteiger partial charge in [-0.25, -0.2) is 0 Å². The smallest absolute Gasteiger partial charge is 0.312 e. The Balaban J connectivity index is 3.93. The summed E-state index contributed by atoms with van der Waals surface area (Å²) in [7, 11) is 0. The van der Waals surface area contributed by atoms with E-state index in [-0.39, 0.29) is 31.4 Å². The van der Waals surface area contributed by atoms with E-state index in [9.17, 15) is 14.4 Å². The topological polar surface area (TPSA) is 92.7 Å². The molecule has 0 saturated carbocycles. The van der Waals surface area contributed by atoms with Gasteiger partial charge in [0.1, 0.15) is 6.61 Å². The van der Waals surface area contributed by atoms with Gasteiger partial charge < -0.3 is 15.2 Å². The first-order valence-electron chi connectivity index (χ1n) is 5.83. The third-order valence-electron chi connectivity index (χ3n) is 2.18. The fourth-order valence-electron chi connectivity index (χ4n) is 1.00. The second kappa shape index (κ2) is 6.98. The molecule has 18 heavy (non-hydrogen) atoms. The highest BCUT2D eigenvalue weighted by atomic mass is 16.5. The van der Waals surface area contributed by atoms with Crippen LogP contribution in [0.15, 0.2) is 0 Å². The minimum Gasteiger partial charge on any atom is -0.481 e.